The molecule has 1 aromatic rings. The topological polar surface area (TPSA) is 155 Å². The summed E-state index contributed by atoms with van der Waals surface area (Å²) in [7, 11) is 0. The van der Waals surface area contributed by atoms with Gasteiger partial charge in [-0.1, -0.05) is 5.16 Å². The van der Waals surface area contributed by atoms with Crippen molar-refractivity contribution in [3.8, 4) is 0 Å². The molecule has 0 spiro atoms. The van der Waals surface area contributed by atoms with Crippen LogP contribution in [-0.2, 0) is 9.59 Å². The van der Waals surface area contributed by atoms with E-state index in [0.29, 0.717) is 12.8 Å². The number of amides is 2. The molecule has 0 saturated heterocycles. The molecule has 10 nitrogen and oxygen atoms in total. The van der Waals surface area contributed by atoms with Crippen LogP contribution in [-0.4, -0.2) is 57.5 Å². The molecule has 2 amide bonds. The number of carbonyl (C=O) groups is 3. The Hall–Kier alpha value is -2.49. The summed E-state index contributed by atoms with van der Waals surface area (Å²) >= 11 is 0. The molecule has 0 bridgehead atoms. The number of hydrogen-bond acceptors (Lipinski definition) is 7. The maximum absolute atomic E-state index is 11.9. The van der Waals surface area contributed by atoms with Gasteiger partial charge in [-0.3, -0.25) is 14.4 Å². The van der Waals surface area contributed by atoms with Crippen LogP contribution < -0.4 is 10.6 Å². The van der Waals surface area contributed by atoms with Gasteiger partial charge in [0.2, 0.25) is 5.91 Å². The molecule has 1 atom stereocenters. The number of aliphatic hydroxyl groups is 1. The third kappa shape index (κ3) is 6.32. The SMILES string of the molecule is CC(CO)NC(=O)C1CCC(NC(=O)c2cnon2)CC1.O=CO. The minimum absolute atomic E-state index is 0.0259. The summed E-state index contributed by atoms with van der Waals surface area (Å²) in [5.41, 5.74) is 0.159. The van der Waals surface area contributed by atoms with E-state index in [1.54, 1.807) is 6.92 Å². The quantitative estimate of drug-likeness (QED) is 0.525. The molecule has 1 aliphatic carbocycles. The van der Waals surface area contributed by atoms with E-state index in [1.165, 1.54) is 6.20 Å². The summed E-state index contributed by atoms with van der Waals surface area (Å²) in [6.45, 7) is 1.44. The summed E-state index contributed by atoms with van der Waals surface area (Å²) in [5.74, 6) is -0.388. The Balaban J connectivity index is 0.000000891. The highest BCUT2D eigenvalue weighted by Crippen LogP contribution is 2.24. The lowest BCUT2D eigenvalue weighted by atomic mass is 9.85. The summed E-state index contributed by atoms with van der Waals surface area (Å²) in [4.78, 5) is 32.1. The lowest BCUT2D eigenvalue weighted by molar-refractivity contribution is -0.127. The van der Waals surface area contributed by atoms with Gasteiger partial charge in [0.25, 0.3) is 12.4 Å². The molecule has 0 aromatic carbocycles. The van der Waals surface area contributed by atoms with Crippen LogP contribution in [0, 0.1) is 5.92 Å². The van der Waals surface area contributed by atoms with Crippen LogP contribution in [0.2, 0.25) is 0 Å². The van der Waals surface area contributed by atoms with Gasteiger partial charge < -0.3 is 20.8 Å². The first-order valence-corrected chi connectivity index (χ1v) is 7.59. The lowest BCUT2D eigenvalue weighted by Crippen LogP contribution is -2.43. The summed E-state index contributed by atoms with van der Waals surface area (Å²) in [6.07, 6.45) is 4.17. The Morgan fingerprint density at radius 3 is 2.54 bits per heavy atom. The highest BCUT2D eigenvalue weighted by molar-refractivity contribution is 5.91. The zero-order valence-electron chi connectivity index (χ0n) is 13.3. The van der Waals surface area contributed by atoms with Crippen LogP contribution in [0.5, 0.6) is 0 Å². The summed E-state index contributed by atoms with van der Waals surface area (Å²) < 4.78 is 4.39. The predicted octanol–water partition coefficient (Wildman–Crippen LogP) is -0.444. The van der Waals surface area contributed by atoms with Gasteiger partial charge in [0.05, 0.1) is 6.61 Å². The second-order valence-corrected chi connectivity index (χ2v) is 5.51. The van der Waals surface area contributed by atoms with E-state index in [0.717, 1.165) is 12.8 Å². The van der Waals surface area contributed by atoms with Gasteiger partial charge in [0.15, 0.2) is 5.69 Å². The molecular formula is C14H22N4O6. The molecule has 1 heterocycles. The first-order valence-electron chi connectivity index (χ1n) is 7.59. The van der Waals surface area contributed by atoms with E-state index in [2.05, 4.69) is 25.6 Å². The van der Waals surface area contributed by atoms with Crippen molar-refractivity contribution in [3.05, 3.63) is 11.9 Å². The van der Waals surface area contributed by atoms with Crippen LogP contribution in [0.1, 0.15) is 43.1 Å². The molecule has 1 aromatic heterocycles. The fraction of sp³-hybridized carbons (Fsp3) is 0.643. The molecule has 1 aliphatic rings. The zero-order valence-corrected chi connectivity index (χ0v) is 13.3. The second-order valence-electron chi connectivity index (χ2n) is 5.51. The van der Waals surface area contributed by atoms with Crippen LogP contribution in [0.15, 0.2) is 10.8 Å². The van der Waals surface area contributed by atoms with Gasteiger partial charge in [-0.25, -0.2) is 4.63 Å². The van der Waals surface area contributed by atoms with Gasteiger partial charge in [-0.15, -0.1) is 0 Å². The fourth-order valence-electron chi connectivity index (χ4n) is 2.43. The molecule has 4 N–H and O–H groups in total. The number of carboxylic acid groups (broad SMARTS) is 1. The number of carbonyl (C=O) groups excluding carboxylic acids is 2. The van der Waals surface area contributed by atoms with Crippen molar-refractivity contribution in [1.29, 1.82) is 0 Å². The normalized spacial score (nSPS) is 20.9. The van der Waals surface area contributed by atoms with Crippen molar-refractivity contribution in [2.75, 3.05) is 6.61 Å². The summed E-state index contributed by atoms with van der Waals surface area (Å²) in [5, 5.41) is 28.3. The predicted molar refractivity (Wildman–Crippen MR) is 80.9 cm³/mol. The lowest BCUT2D eigenvalue weighted by Gasteiger charge is -2.28. The Bertz CT molecular complexity index is 513. The van der Waals surface area contributed by atoms with Crippen LogP contribution in [0.3, 0.4) is 0 Å². The molecule has 1 saturated carbocycles. The van der Waals surface area contributed by atoms with Gasteiger partial charge in [0, 0.05) is 18.0 Å². The molecule has 0 radical (unpaired) electrons. The van der Waals surface area contributed by atoms with Crippen molar-refractivity contribution in [2.24, 2.45) is 5.92 Å². The molecule has 2 rings (SSSR count). The Morgan fingerprint density at radius 1 is 1.42 bits per heavy atom. The largest absolute Gasteiger partial charge is 0.483 e. The molecule has 0 aliphatic heterocycles. The van der Waals surface area contributed by atoms with Gasteiger partial charge in [-0.2, -0.15) is 0 Å². The standard InChI is InChI=1S/C13H20N4O4.CH2O2/c1-8(7-18)15-12(19)9-2-4-10(5-3-9)16-13(20)11-6-14-21-17-11;2-1-3/h6,8-10,18H,2-5,7H2,1H3,(H,15,19)(H,16,20);1H,(H,2,3). The second kappa shape index (κ2) is 10.3. The van der Waals surface area contributed by atoms with E-state index in [1.807, 2.05) is 0 Å². The van der Waals surface area contributed by atoms with E-state index in [-0.39, 0.29) is 48.6 Å². The van der Waals surface area contributed by atoms with Gasteiger partial charge >= 0.3 is 0 Å². The van der Waals surface area contributed by atoms with Crippen LogP contribution in [0.4, 0.5) is 0 Å². The van der Waals surface area contributed by atoms with Crippen LogP contribution >= 0.6 is 0 Å². The van der Waals surface area contributed by atoms with E-state index >= 15 is 0 Å². The third-order valence-corrected chi connectivity index (χ3v) is 3.69. The minimum atomic E-state index is -0.307. The Labute approximate surface area is 138 Å². The molecule has 1 unspecified atom stereocenters. The fourth-order valence-corrected chi connectivity index (χ4v) is 2.43. The van der Waals surface area contributed by atoms with E-state index < -0.39 is 0 Å². The number of aromatic nitrogens is 2. The number of nitrogens with one attached hydrogen (secondary N) is 2. The highest BCUT2D eigenvalue weighted by Gasteiger charge is 2.28. The third-order valence-electron chi connectivity index (χ3n) is 3.69. The number of aliphatic hydroxyl groups excluding tert-OH is 1. The molecule has 10 heteroatoms. The average molecular weight is 342 g/mol. The Kier molecular flexibility index (Phi) is 8.41. The van der Waals surface area contributed by atoms with E-state index in [9.17, 15) is 9.59 Å². The molecule has 1 fully saturated rings. The van der Waals surface area contributed by atoms with E-state index in [4.69, 9.17) is 15.0 Å². The van der Waals surface area contributed by atoms with Crippen molar-refractivity contribution in [3.63, 3.8) is 0 Å². The first kappa shape index (κ1) is 19.6. The number of hydrogen-bond donors (Lipinski definition) is 4. The molecule has 134 valence electrons. The molecular weight excluding hydrogens is 320 g/mol. The molecule has 24 heavy (non-hydrogen) atoms. The highest BCUT2D eigenvalue weighted by atomic mass is 16.6. The number of nitrogens with zero attached hydrogens (tertiary/aromatic N) is 2. The van der Waals surface area contributed by atoms with Crippen molar-refractivity contribution < 1.29 is 29.2 Å². The Morgan fingerprint density at radius 2 is 2.04 bits per heavy atom. The van der Waals surface area contributed by atoms with Gasteiger partial charge in [-0.05, 0) is 37.8 Å². The van der Waals surface area contributed by atoms with Gasteiger partial charge in [0.1, 0.15) is 6.20 Å². The van der Waals surface area contributed by atoms with Crippen molar-refractivity contribution >= 4 is 18.3 Å². The monoisotopic (exact) mass is 342 g/mol. The zero-order chi connectivity index (χ0) is 17.9. The number of rotatable bonds is 5. The minimum Gasteiger partial charge on any atom is -0.483 e. The van der Waals surface area contributed by atoms with Crippen LogP contribution in [0.25, 0.3) is 0 Å². The maximum Gasteiger partial charge on any atom is 0.290 e. The maximum atomic E-state index is 11.9. The summed E-state index contributed by atoms with van der Waals surface area (Å²) in [6, 6.07) is -0.192. The van der Waals surface area contributed by atoms with Crippen molar-refractivity contribution in [1.82, 2.24) is 20.9 Å². The average Bonchev–Trinajstić information content (AvgIpc) is 3.10. The van der Waals surface area contributed by atoms with Crippen molar-refractivity contribution in [2.45, 2.75) is 44.7 Å². The smallest absolute Gasteiger partial charge is 0.290 e. The first-order chi connectivity index (χ1) is 11.5.